The summed E-state index contributed by atoms with van der Waals surface area (Å²) in [5.41, 5.74) is 0. The Labute approximate surface area is 389 Å². The summed E-state index contributed by atoms with van der Waals surface area (Å²) >= 11 is 0. The van der Waals surface area contributed by atoms with Gasteiger partial charge in [-0.15, -0.1) is 0 Å². The van der Waals surface area contributed by atoms with E-state index in [0.29, 0.717) is 177 Å². The third-order valence-corrected chi connectivity index (χ3v) is 9.74. The molecule has 0 spiro atoms. The molecule has 0 aromatic carbocycles. The monoisotopic (exact) mass is 934 g/mol. The molecule has 0 aliphatic rings. The van der Waals surface area contributed by atoms with Crippen molar-refractivity contribution in [1.29, 1.82) is 0 Å². The fourth-order valence-corrected chi connectivity index (χ4v) is 6.00. The van der Waals surface area contributed by atoms with E-state index >= 15 is 0 Å². The fraction of sp³-hybridized carbons (Fsp3) is 0.872. The van der Waals surface area contributed by atoms with Crippen LogP contribution in [0, 0.1) is 0 Å². The summed E-state index contributed by atoms with van der Waals surface area (Å²) in [6.07, 6.45) is 15.4. The summed E-state index contributed by atoms with van der Waals surface area (Å²) in [6, 6.07) is 0. The van der Waals surface area contributed by atoms with Crippen LogP contribution in [-0.4, -0.2) is 166 Å². The van der Waals surface area contributed by atoms with Crippen LogP contribution in [0.2, 0.25) is 0 Å². The third kappa shape index (κ3) is 53.4. The molecule has 0 saturated carbocycles. The Kier molecular flexibility index (Phi) is 47.9. The number of hydrogen-bond donors (Lipinski definition) is 4. The predicted molar refractivity (Wildman–Crippen MR) is 246 cm³/mol. The van der Waals surface area contributed by atoms with Gasteiger partial charge in [0.1, 0.15) is 11.6 Å². The van der Waals surface area contributed by atoms with Crippen LogP contribution < -0.4 is 16.0 Å². The van der Waals surface area contributed by atoms with Gasteiger partial charge in [-0.2, -0.15) is 0 Å². The molecule has 0 fully saturated rings. The highest BCUT2D eigenvalue weighted by atomic mass is 16.5. The molecule has 0 saturated heterocycles. The Hall–Kier alpha value is -3.10. The zero-order valence-electron chi connectivity index (χ0n) is 39.9. The summed E-state index contributed by atoms with van der Waals surface area (Å²) in [5.74, 6) is -0.438. The van der Waals surface area contributed by atoms with E-state index in [9.17, 15) is 28.8 Å². The van der Waals surface area contributed by atoms with Crippen LogP contribution in [0.3, 0.4) is 0 Å². The molecule has 0 rings (SSSR count). The first-order chi connectivity index (χ1) is 31.7. The molecule has 18 nitrogen and oxygen atoms in total. The fourth-order valence-electron chi connectivity index (χ4n) is 6.00. The number of amides is 3. The number of unbranched alkanes of at least 4 members (excludes halogenated alkanes) is 10. The number of carbonyl (C=O) groups is 6. The van der Waals surface area contributed by atoms with Crippen molar-refractivity contribution in [3.8, 4) is 0 Å². The van der Waals surface area contributed by atoms with Gasteiger partial charge in [-0.3, -0.25) is 28.8 Å². The summed E-state index contributed by atoms with van der Waals surface area (Å²) < 4.78 is 43.5. The van der Waals surface area contributed by atoms with Crippen molar-refractivity contribution >= 4 is 35.3 Å². The van der Waals surface area contributed by atoms with Crippen molar-refractivity contribution in [2.24, 2.45) is 0 Å². The van der Waals surface area contributed by atoms with Gasteiger partial charge in [0.2, 0.25) is 17.7 Å². The van der Waals surface area contributed by atoms with E-state index in [1.165, 1.54) is 6.92 Å². The minimum absolute atomic E-state index is 0.0180. The molecule has 0 radical (unpaired) electrons. The molecule has 0 aromatic heterocycles. The Balaban J connectivity index is 3.34. The predicted octanol–water partition coefficient (Wildman–Crippen LogP) is 4.90. The quantitative estimate of drug-likeness (QED) is 0.0594. The molecule has 0 aliphatic heterocycles. The number of aliphatic carboxylic acids is 1. The first-order valence-corrected chi connectivity index (χ1v) is 24.4. The highest BCUT2D eigenvalue weighted by Gasteiger charge is 2.06. The van der Waals surface area contributed by atoms with Gasteiger partial charge in [0.15, 0.2) is 0 Å². The van der Waals surface area contributed by atoms with Crippen molar-refractivity contribution in [2.75, 3.05) is 125 Å². The molecule has 0 bridgehead atoms. The first-order valence-electron chi connectivity index (χ1n) is 24.4. The van der Waals surface area contributed by atoms with Crippen LogP contribution in [0.4, 0.5) is 0 Å². The molecule has 380 valence electrons. The number of carboxylic acid groups (broad SMARTS) is 1. The molecule has 65 heavy (non-hydrogen) atoms. The Morgan fingerprint density at radius 2 is 0.662 bits per heavy atom. The van der Waals surface area contributed by atoms with Gasteiger partial charge < -0.3 is 59.0 Å². The lowest BCUT2D eigenvalue weighted by molar-refractivity contribution is -0.137. The molecular formula is C47H87N3O15. The van der Waals surface area contributed by atoms with Crippen LogP contribution in [0.1, 0.15) is 142 Å². The summed E-state index contributed by atoms with van der Waals surface area (Å²) in [7, 11) is 0. The van der Waals surface area contributed by atoms with Gasteiger partial charge in [-0.1, -0.05) is 44.9 Å². The molecule has 0 heterocycles. The lowest BCUT2D eigenvalue weighted by atomic mass is 10.1. The number of nitrogens with one attached hydrogen (secondary N) is 3. The van der Waals surface area contributed by atoms with Crippen molar-refractivity contribution < 1.29 is 71.8 Å². The Morgan fingerprint density at radius 1 is 0.308 bits per heavy atom. The minimum atomic E-state index is -0.789. The van der Waals surface area contributed by atoms with Crippen LogP contribution in [0.5, 0.6) is 0 Å². The maximum Gasteiger partial charge on any atom is 0.303 e. The molecule has 0 aromatic rings. The smallest absolute Gasteiger partial charge is 0.303 e. The topological polar surface area (TPSA) is 233 Å². The van der Waals surface area contributed by atoms with Gasteiger partial charge >= 0.3 is 5.97 Å². The lowest BCUT2D eigenvalue weighted by Crippen LogP contribution is -2.27. The number of ketones is 2. The Bertz CT molecular complexity index is 1160. The second-order valence-electron chi connectivity index (χ2n) is 15.8. The molecule has 0 aliphatic carbocycles. The van der Waals surface area contributed by atoms with E-state index in [1.54, 1.807) is 0 Å². The third-order valence-electron chi connectivity index (χ3n) is 9.74. The SMILES string of the molecule is CC(=O)CCOCCOCCOCCNC(=O)CCCCCCCCC(=O)CCOCCCOCCC(=O)NCCCCCCCC(=O)NCCOCCOCCOCCCCC(=O)O. The van der Waals surface area contributed by atoms with Crippen molar-refractivity contribution in [1.82, 2.24) is 16.0 Å². The molecular weight excluding hydrogens is 847 g/mol. The summed E-state index contributed by atoms with van der Waals surface area (Å²) in [6.45, 7) is 10.3. The van der Waals surface area contributed by atoms with Crippen LogP contribution >= 0.6 is 0 Å². The maximum absolute atomic E-state index is 12.2. The van der Waals surface area contributed by atoms with E-state index in [2.05, 4.69) is 16.0 Å². The van der Waals surface area contributed by atoms with E-state index in [-0.39, 0.29) is 35.7 Å². The van der Waals surface area contributed by atoms with Crippen LogP contribution in [-0.2, 0) is 66.7 Å². The number of hydrogen-bond acceptors (Lipinski definition) is 14. The molecule has 3 amide bonds. The highest BCUT2D eigenvalue weighted by molar-refractivity contribution is 5.78. The standard InChI is InChI=1S/C47H87N3O15/c1-42(51)20-29-61-35-39-65-41-37-63-33-24-49-44(53)17-10-6-3-2-5-9-16-43(52)21-30-58-27-15-28-59-31-22-46(55)48-23-13-8-4-7-11-18-45(54)50-25-32-62-36-40-64-38-34-60-26-14-12-19-47(56)57/h2-41H2,1H3,(H,48,55)(H,49,53)(H,50,54)(H,56,57). The average Bonchev–Trinajstić information content (AvgIpc) is 3.27. The van der Waals surface area contributed by atoms with E-state index in [1.807, 2.05) is 0 Å². The van der Waals surface area contributed by atoms with Gasteiger partial charge in [-0.05, 0) is 51.9 Å². The summed E-state index contributed by atoms with van der Waals surface area (Å²) in [4.78, 5) is 69.5. The number of carboxylic acids is 1. The van der Waals surface area contributed by atoms with Crippen molar-refractivity contribution in [2.45, 2.75) is 142 Å². The van der Waals surface area contributed by atoms with Gasteiger partial charge in [0.05, 0.1) is 85.9 Å². The number of Topliss-reactive ketones (excluding diaryl/α,β-unsaturated/α-hetero) is 2. The first kappa shape index (κ1) is 61.9. The molecule has 18 heteroatoms. The number of ether oxygens (including phenoxy) is 8. The minimum Gasteiger partial charge on any atom is -0.481 e. The normalized spacial score (nSPS) is 11.2. The number of carbonyl (C=O) groups excluding carboxylic acids is 5. The van der Waals surface area contributed by atoms with E-state index < -0.39 is 5.97 Å². The van der Waals surface area contributed by atoms with E-state index in [0.717, 1.165) is 77.0 Å². The van der Waals surface area contributed by atoms with Gasteiger partial charge in [0.25, 0.3) is 0 Å². The molecule has 0 unspecified atom stereocenters. The van der Waals surface area contributed by atoms with Crippen molar-refractivity contribution in [3.63, 3.8) is 0 Å². The zero-order chi connectivity index (χ0) is 47.5. The second-order valence-corrected chi connectivity index (χ2v) is 15.8. The van der Waals surface area contributed by atoms with Crippen LogP contribution in [0.25, 0.3) is 0 Å². The lowest BCUT2D eigenvalue weighted by Gasteiger charge is -2.08. The van der Waals surface area contributed by atoms with Gasteiger partial charge in [0, 0.05) is 84.4 Å². The second kappa shape index (κ2) is 50.3. The van der Waals surface area contributed by atoms with Gasteiger partial charge in [-0.25, -0.2) is 0 Å². The number of rotatable bonds is 53. The largest absolute Gasteiger partial charge is 0.481 e. The highest BCUT2D eigenvalue weighted by Crippen LogP contribution is 2.10. The maximum atomic E-state index is 12.2. The summed E-state index contributed by atoms with van der Waals surface area (Å²) in [5, 5.41) is 17.2. The Morgan fingerprint density at radius 3 is 1.18 bits per heavy atom. The average molecular weight is 934 g/mol. The molecule has 4 N–H and O–H groups in total. The zero-order valence-corrected chi connectivity index (χ0v) is 39.9. The van der Waals surface area contributed by atoms with Crippen LogP contribution in [0.15, 0.2) is 0 Å². The molecule has 0 atom stereocenters. The van der Waals surface area contributed by atoms with Crippen molar-refractivity contribution in [3.05, 3.63) is 0 Å². The van der Waals surface area contributed by atoms with E-state index in [4.69, 9.17) is 43.0 Å².